The van der Waals surface area contributed by atoms with Crippen molar-refractivity contribution < 1.29 is 29.0 Å². The first-order valence-corrected chi connectivity index (χ1v) is 13.0. The molecule has 8 rings (SSSR count). The van der Waals surface area contributed by atoms with Crippen molar-refractivity contribution in [3.05, 3.63) is 30.0 Å². The van der Waals surface area contributed by atoms with E-state index in [2.05, 4.69) is 19.2 Å². The van der Waals surface area contributed by atoms with Crippen LogP contribution in [0.5, 0.6) is 11.5 Å². The SMILES string of the molecule is C[C@@H]1C(=O)N2C[C@]34C[C@@]5(C(=O)Nc6c5ccc5c6OC=CC(C)(C)O5)C(C)(C)[C@@H]3C[C@]2(C(=O)N4C)[C@@H]1O. The fraction of sp³-hybridized carbons (Fsp3) is 0.607. The Morgan fingerprint density at radius 2 is 1.86 bits per heavy atom. The van der Waals surface area contributed by atoms with E-state index >= 15 is 0 Å². The Bertz CT molecular complexity index is 1350. The Balaban J connectivity index is 1.42. The van der Waals surface area contributed by atoms with Crippen molar-refractivity contribution in [3.8, 4) is 11.5 Å². The summed E-state index contributed by atoms with van der Waals surface area (Å²) in [4.78, 5) is 44.6. The van der Waals surface area contributed by atoms with Gasteiger partial charge in [-0.15, -0.1) is 0 Å². The van der Waals surface area contributed by atoms with Crippen LogP contribution in [0.4, 0.5) is 5.69 Å². The molecule has 9 nitrogen and oxygen atoms in total. The van der Waals surface area contributed by atoms with Gasteiger partial charge in [0.2, 0.25) is 11.8 Å². The standard InChI is InChI=1S/C28H33N3O6/c1-14-20(32)28-11-17-25(4,5)27(12-26(17,30(6)23(28)35)13-31(28)21(14)33)15-7-8-16-19(18(15)29-22(27)34)36-10-9-24(2,3)37-16/h7-10,14,17,20,32H,11-13H2,1-6H3,(H,29,34)/t14-,17-,20+,26+,27+,28+/m0/s1. The highest BCUT2D eigenvalue weighted by molar-refractivity contribution is 6.10. The smallest absolute Gasteiger partial charge is 0.251 e. The number of ether oxygens (including phenoxy) is 2. The third kappa shape index (κ3) is 2.23. The van der Waals surface area contributed by atoms with Gasteiger partial charge in [-0.3, -0.25) is 14.4 Å². The molecule has 5 fully saturated rings. The van der Waals surface area contributed by atoms with Crippen LogP contribution in [0, 0.1) is 17.3 Å². The van der Waals surface area contributed by atoms with Crippen LogP contribution in [0.1, 0.15) is 53.0 Å². The van der Waals surface area contributed by atoms with Gasteiger partial charge in [0, 0.05) is 13.6 Å². The molecule has 3 amide bonds. The van der Waals surface area contributed by atoms with Gasteiger partial charge in [-0.2, -0.15) is 0 Å². The van der Waals surface area contributed by atoms with Crippen LogP contribution in [0.15, 0.2) is 24.5 Å². The van der Waals surface area contributed by atoms with Gasteiger partial charge in [0.15, 0.2) is 11.5 Å². The van der Waals surface area contributed by atoms with Crippen LogP contribution >= 0.6 is 0 Å². The maximum atomic E-state index is 14.1. The highest BCUT2D eigenvalue weighted by Crippen LogP contribution is 2.72. The Hall–Kier alpha value is -3.07. The summed E-state index contributed by atoms with van der Waals surface area (Å²) < 4.78 is 12.2. The topological polar surface area (TPSA) is 108 Å². The lowest BCUT2D eigenvalue weighted by Gasteiger charge is -2.64. The molecule has 0 unspecified atom stereocenters. The van der Waals surface area contributed by atoms with Crippen molar-refractivity contribution in [3.63, 3.8) is 0 Å². The Morgan fingerprint density at radius 1 is 1.14 bits per heavy atom. The Kier molecular flexibility index (Phi) is 3.94. The fourth-order valence-corrected chi connectivity index (χ4v) is 8.84. The number of fused-ring (bicyclic) bond motifs is 5. The molecular formula is C28H33N3O6. The quantitative estimate of drug-likeness (QED) is 0.557. The van der Waals surface area contributed by atoms with Gasteiger partial charge in [-0.05, 0) is 55.7 Å². The number of rotatable bonds is 0. The molecule has 1 aromatic rings. The second-order valence-corrected chi connectivity index (χ2v) is 13.0. The highest BCUT2D eigenvalue weighted by Gasteiger charge is 2.82. The summed E-state index contributed by atoms with van der Waals surface area (Å²) in [7, 11) is 1.78. The number of piperidine rings is 2. The first kappa shape index (κ1) is 23.1. The van der Waals surface area contributed by atoms with E-state index in [0.29, 0.717) is 36.6 Å². The van der Waals surface area contributed by atoms with Crippen molar-refractivity contribution in [2.45, 2.75) is 75.7 Å². The van der Waals surface area contributed by atoms with Gasteiger partial charge in [-0.25, -0.2) is 0 Å². The number of benzene rings is 1. The lowest BCUT2D eigenvalue weighted by Crippen LogP contribution is -2.81. The van der Waals surface area contributed by atoms with Crippen LogP contribution in [-0.4, -0.2) is 69.0 Å². The van der Waals surface area contributed by atoms with Crippen molar-refractivity contribution in [2.24, 2.45) is 17.3 Å². The molecule has 37 heavy (non-hydrogen) atoms. The molecule has 196 valence electrons. The highest BCUT2D eigenvalue weighted by atomic mass is 16.5. The maximum Gasteiger partial charge on any atom is 0.251 e. The first-order valence-electron chi connectivity index (χ1n) is 13.0. The number of aliphatic hydroxyl groups excluding tert-OH is 1. The number of carbonyl (C=O) groups excluding carboxylic acids is 3. The van der Waals surface area contributed by atoms with Gasteiger partial charge in [0.1, 0.15) is 11.1 Å². The number of amides is 3. The van der Waals surface area contributed by atoms with Gasteiger partial charge in [-0.1, -0.05) is 26.8 Å². The van der Waals surface area contributed by atoms with Crippen LogP contribution in [0.2, 0.25) is 0 Å². The van der Waals surface area contributed by atoms with E-state index in [1.807, 2.05) is 32.1 Å². The summed E-state index contributed by atoms with van der Waals surface area (Å²) in [5.41, 5.74) is -2.72. The summed E-state index contributed by atoms with van der Waals surface area (Å²) >= 11 is 0. The van der Waals surface area contributed by atoms with E-state index in [9.17, 15) is 19.5 Å². The van der Waals surface area contributed by atoms with Crippen LogP contribution in [-0.2, 0) is 19.8 Å². The lowest BCUT2D eigenvalue weighted by atomic mass is 9.57. The summed E-state index contributed by atoms with van der Waals surface area (Å²) in [6.45, 7) is 10.1. The van der Waals surface area contributed by atoms with Crippen molar-refractivity contribution in [1.29, 1.82) is 0 Å². The molecule has 6 atom stereocenters. The third-order valence-electron chi connectivity index (χ3n) is 10.8. The molecule has 0 aromatic heterocycles. The number of nitrogens with one attached hydrogen (secondary N) is 1. The fourth-order valence-electron chi connectivity index (χ4n) is 8.84. The molecule has 3 spiro atoms. The normalized spacial score (nSPS) is 41.6. The van der Waals surface area contributed by atoms with Crippen LogP contribution < -0.4 is 14.8 Å². The zero-order chi connectivity index (χ0) is 26.5. The van der Waals surface area contributed by atoms with E-state index in [4.69, 9.17) is 9.47 Å². The minimum atomic E-state index is -1.28. The van der Waals surface area contributed by atoms with Crippen LogP contribution in [0.3, 0.4) is 0 Å². The molecule has 0 radical (unpaired) electrons. The minimum absolute atomic E-state index is 0.113. The van der Waals surface area contributed by atoms with E-state index < -0.39 is 39.5 Å². The molecule has 9 heteroatoms. The minimum Gasteiger partial charge on any atom is -0.480 e. The first-order chi connectivity index (χ1) is 17.2. The number of aliphatic hydroxyl groups is 1. The van der Waals surface area contributed by atoms with E-state index in [1.54, 1.807) is 30.0 Å². The molecule has 1 saturated carbocycles. The molecule has 6 heterocycles. The van der Waals surface area contributed by atoms with Crippen molar-refractivity contribution in [2.75, 3.05) is 18.9 Å². The number of likely N-dealkylation sites (N-methyl/N-ethyl adjacent to an activating group) is 1. The number of hydrogen-bond donors (Lipinski definition) is 2. The molecule has 7 aliphatic rings. The predicted molar refractivity (Wildman–Crippen MR) is 133 cm³/mol. The summed E-state index contributed by atoms with van der Waals surface area (Å²) in [6.07, 6.45) is 3.06. The molecule has 1 aromatic carbocycles. The summed E-state index contributed by atoms with van der Waals surface area (Å²) in [5.74, 6) is -0.275. The van der Waals surface area contributed by atoms with E-state index in [0.717, 1.165) is 5.56 Å². The predicted octanol–water partition coefficient (Wildman–Crippen LogP) is 2.18. The average Bonchev–Trinajstić information content (AvgIpc) is 3.24. The lowest BCUT2D eigenvalue weighted by molar-refractivity contribution is -0.197. The molecule has 1 aliphatic carbocycles. The molecule has 4 saturated heterocycles. The second kappa shape index (κ2) is 6.31. The molecular weight excluding hydrogens is 474 g/mol. The maximum absolute atomic E-state index is 14.1. The average molecular weight is 508 g/mol. The van der Waals surface area contributed by atoms with Gasteiger partial charge in [0.25, 0.3) is 5.91 Å². The number of hydrogen-bond acceptors (Lipinski definition) is 6. The van der Waals surface area contributed by atoms with Crippen molar-refractivity contribution >= 4 is 23.4 Å². The monoisotopic (exact) mass is 507 g/mol. The number of anilines is 1. The zero-order valence-corrected chi connectivity index (χ0v) is 22.0. The van der Waals surface area contributed by atoms with Crippen LogP contribution in [0.25, 0.3) is 0 Å². The Labute approximate surface area is 215 Å². The summed E-state index contributed by atoms with van der Waals surface area (Å²) in [6, 6.07) is 3.81. The molecule has 2 N–H and O–H groups in total. The molecule has 6 aliphatic heterocycles. The number of carbonyl (C=O) groups is 3. The summed E-state index contributed by atoms with van der Waals surface area (Å²) in [5, 5.41) is 14.4. The number of piperazine rings is 1. The molecule has 2 bridgehead atoms. The van der Waals surface area contributed by atoms with E-state index in [-0.39, 0.29) is 23.6 Å². The van der Waals surface area contributed by atoms with Gasteiger partial charge < -0.3 is 29.7 Å². The van der Waals surface area contributed by atoms with Crippen molar-refractivity contribution in [1.82, 2.24) is 9.80 Å². The van der Waals surface area contributed by atoms with E-state index in [1.165, 1.54) is 0 Å². The Morgan fingerprint density at radius 3 is 2.59 bits per heavy atom. The largest absolute Gasteiger partial charge is 0.480 e. The van der Waals surface area contributed by atoms with Gasteiger partial charge >= 0.3 is 0 Å². The second-order valence-electron chi connectivity index (χ2n) is 13.0. The zero-order valence-electron chi connectivity index (χ0n) is 22.0. The third-order valence-corrected chi connectivity index (χ3v) is 10.8. The van der Waals surface area contributed by atoms with Gasteiger partial charge in [0.05, 0.1) is 34.9 Å². The number of nitrogens with zero attached hydrogens (tertiary/aromatic N) is 2.